The van der Waals surface area contributed by atoms with Gasteiger partial charge in [-0.15, -0.1) is 29.5 Å². The summed E-state index contributed by atoms with van der Waals surface area (Å²) in [5.74, 6) is 2.24. The lowest BCUT2D eigenvalue weighted by atomic mass is 10.5. The fraction of sp³-hybridized carbons (Fsp3) is 0.300. The number of rotatable bonds is 7. The topological polar surface area (TPSA) is 83.5 Å². The first-order chi connectivity index (χ1) is 8.49. The van der Waals surface area contributed by atoms with Crippen molar-refractivity contribution >= 4 is 39.1 Å². The number of hydrogen-bond donors (Lipinski definition) is 2. The van der Waals surface area contributed by atoms with Crippen LogP contribution in [0.25, 0.3) is 0 Å². The molecule has 0 radical (unpaired) electrons. The summed E-state index contributed by atoms with van der Waals surface area (Å²) in [7, 11) is -3.77. The van der Waals surface area contributed by atoms with E-state index in [9.17, 15) is 13.2 Å². The van der Waals surface area contributed by atoms with Gasteiger partial charge in [-0.1, -0.05) is 5.92 Å². The lowest BCUT2D eigenvalue weighted by molar-refractivity contribution is 0.0698. The molecule has 1 rings (SSSR count). The molecule has 1 aromatic rings. The molecule has 1 aromatic heterocycles. The van der Waals surface area contributed by atoms with Gasteiger partial charge in [-0.2, -0.15) is 0 Å². The van der Waals surface area contributed by atoms with Crippen LogP contribution in [0.15, 0.2) is 16.3 Å². The summed E-state index contributed by atoms with van der Waals surface area (Å²) in [6.07, 6.45) is 5.05. The summed E-state index contributed by atoms with van der Waals surface area (Å²) >= 11 is 2.31. The number of terminal acetylenes is 1. The lowest BCUT2D eigenvalue weighted by Crippen LogP contribution is -2.27. The molecule has 0 unspecified atom stereocenters. The van der Waals surface area contributed by atoms with E-state index in [1.54, 1.807) is 0 Å². The fourth-order valence-corrected chi connectivity index (χ4v) is 4.05. The van der Waals surface area contributed by atoms with Gasteiger partial charge in [-0.05, 0) is 11.4 Å². The molecule has 98 valence electrons. The van der Waals surface area contributed by atoms with Crippen LogP contribution >= 0.6 is 23.1 Å². The summed E-state index contributed by atoms with van der Waals surface area (Å²) in [4.78, 5) is 10.5. The molecule has 18 heavy (non-hydrogen) atoms. The highest BCUT2D eigenvalue weighted by Crippen LogP contribution is 2.21. The fourth-order valence-electron chi connectivity index (χ4n) is 1.12. The summed E-state index contributed by atoms with van der Waals surface area (Å²) < 4.78 is 26.0. The van der Waals surface area contributed by atoms with Crippen molar-refractivity contribution in [1.29, 1.82) is 0 Å². The van der Waals surface area contributed by atoms with E-state index in [0.717, 1.165) is 11.3 Å². The maximum atomic E-state index is 11.8. The van der Waals surface area contributed by atoms with E-state index in [4.69, 9.17) is 11.5 Å². The van der Waals surface area contributed by atoms with E-state index in [2.05, 4.69) is 10.6 Å². The molecule has 0 saturated carbocycles. The van der Waals surface area contributed by atoms with E-state index in [1.165, 1.54) is 23.2 Å². The molecule has 5 nitrogen and oxygen atoms in total. The highest BCUT2D eigenvalue weighted by Gasteiger charge is 2.23. The van der Waals surface area contributed by atoms with Gasteiger partial charge in [0.05, 0.1) is 5.75 Å². The van der Waals surface area contributed by atoms with E-state index in [1.807, 2.05) is 0 Å². The van der Waals surface area contributed by atoms with E-state index in [0.29, 0.717) is 11.5 Å². The van der Waals surface area contributed by atoms with Crippen LogP contribution in [0.4, 0.5) is 0 Å². The Morgan fingerprint density at radius 2 is 2.33 bits per heavy atom. The highest BCUT2D eigenvalue weighted by molar-refractivity contribution is 7.99. The molecule has 0 aliphatic rings. The highest BCUT2D eigenvalue weighted by atomic mass is 32.2. The van der Waals surface area contributed by atoms with Crippen molar-refractivity contribution in [3.05, 3.63) is 16.3 Å². The summed E-state index contributed by atoms with van der Waals surface area (Å²) in [6, 6.07) is 1.28. The molecule has 2 N–H and O–H groups in total. The number of aromatic carboxylic acids is 1. The first-order valence-electron chi connectivity index (χ1n) is 4.80. The predicted octanol–water partition coefficient (Wildman–Crippen LogP) is 1.09. The third-order valence-electron chi connectivity index (χ3n) is 1.84. The third kappa shape index (κ3) is 4.03. The van der Waals surface area contributed by atoms with Crippen LogP contribution in [0, 0.1) is 12.3 Å². The second-order valence-corrected chi connectivity index (χ2v) is 6.83. The van der Waals surface area contributed by atoms with Gasteiger partial charge in [0.15, 0.2) is 0 Å². The maximum absolute atomic E-state index is 11.8. The van der Waals surface area contributed by atoms with Crippen LogP contribution in [0.5, 0.6) is 0 Å². The molecule has 0 atom stereocenters. The Morgan fingerprint density at radius 1 is 1.61 bits per heavy atom. The van der Waals surface area contributed by atoms with E-state index >= 15 is 0 Å². The second-order valence-electron chi connectivity index (χ2n) is 3.07. The molecule has 0 spiro atoms. The average Bonchev–Trinajstić information content (AvgIpc) is 2.78. The average molecular weight is 305 g/mol. The van der Waals surface area contributed by atoms with Crippen LogP contribution in [0.2, 0.25) is 0 Å². The number of nitrogens with one attached hydrogen (secondary N) is 1. The molecule has 0 bridgehead atoms. The molecular weight excluding hydrogens is 294 g/mol. The van der Waals surface area contributed by atoms with Gasteiger partial charge in [-0.25, -0.2) is 17.9 Å². The largest absolute Gasteiger partial charge is 0.477 e. The van der Waals surface area contributed by atoms with Crippen LogP contribution < -0.4 is 4.72 Å². The standard InChI is InChI=1S/C10H11NO4S3/c1-2-5-16-7-4-11-18(14,15)8-3-6-17-9(8)10(12)13/h1,3,6,11H,4-5,7H2,(H,12,13). The number of carbonyl (C=O) groups is 1. The normalized spacial score (nSPS) is 11.1. The van der Waals surface area contributed by atoms with Crippen molar-refractivity contribution in [1.82, 2.24) is 4.72 Å². The van der Waals surface area contributed by atoms with Crippen molar-refractivity contribution in [2.45, 2.75) is 4.90 Å². The Labute approximate surface area is 114 Å². The minimum Gasteiger partial charge on any atom is -0.477 e. The quantitative estimate of drug-likeness (QED) is 0.582. The first kappa shape index (κ1) is 15.0. The summed E-state index contributed by atoms with van der Waals surface area (Å²) in [6.45, 7) is 0.212. The van der Waals surface area contributed by atoms with Crippen molar-refractivity contribution in [2.24, 2.45) is 0 Å². The van der Waals surface area contributed by atoms with Gasteiger partial charge in [-0.3, -0.25) is 0 Å². The number of hydrogen-bond acceptors (Lipinski definition) is 5. The Morgan fingerprint density at radius 3 is 2.94 bits per heavy atom. The molecule has 0 aliphatic heterocycles. The second kappa shape index (κ2) is 6.80. The zero-order valence-corrected chi connectivity index (χ0v) is 11.7. The first-order valence-corrected chi connectivity index (χ1v) is 8.32. The smallest absolute Gasteiger partial charge is 0.347 e. The predicted molar refractivity (Wildman–Crippen MR) is 72.6 cm³/mol. The van der Waals surface area contributed by atoms with Gasteiger partial charge in [0, 0.05) is 12.3 Å². The minimum absolute atomic E-state index is 0.182. The molecule has 0 amide bonds. The third-order valence-corrected chi connectivity index (χ3v) is 5.24. The molecule has 0 aliphatic carbocycles. The van der Waals surface area contributed by atoms with E-state index < -0.39 is 16.0 Å². The van der Waals surface area contributed by atoms with Crippen LogP contribution in [-0.4, -0.2) is 37.5 Å². The Hall–Kier alpha value is -1.01. The Bertz CT molecular complexity index is 556. The van der Waals surface area contributed by atoms with Gasteiger partial charge in [0.2, 0.25) is 10.0 Å². The molecular formula is C10H11NO4S3. The van der Waals surface area contributed by atoms with Crippen LogP contribution in [0.3, 0.4) is 0 Å². The number of thioether (sulfide) groups is 1. The van der Waals surface area contributed by atoms with E-state index in [-0.39, 0.29) is 16.3 Å². The lowest BCUT2D eigenvalue weighted by Gasteiger charge is -2.05. The van der Waals surface area contributed by atoms with Gasteiger partial charge in [0.25, 0.3) is 0 Å². The zero-order valence-electron chi connectivity index (χ0n) is 9.25. The SMILES string of the molecule is C#CCSCCNS(=O)(=O)c1ccsc1C(=O)O. The van der Waals surface area contributed by atoms with Crippen molar-refractivity contribution in [3.63, 3.8) is 0 Å². The van der Waals surface area contributed by atoms with Crippen molar-refractivity contribution in [2.75, 3.05) is 18.1 Å². The molecule has 8 heteroatoms. The molecule has 0 saturated heterocycles. The maximum Gasteiger partial charge on any atom is 0.347 e. The number of sulfonamides is 1. The van der Waals surface area contributed by atoms with Gasteiger partial charge < -0.3 is 5.11 Å². The minimum atomic E-state index is -3.77. The summed E-state index contributed by atoms with van der Waals surface area (Å²) in [5, 5.41) is 10.3. The number of thiophene rings is 1. The van der Waals surface area contributed by atoms with Gasteiger partial charge in [0.1, 0.15) is 9.77 Å². The van der Waals surface area contributed by atoms with Gasteiger partial charge >= 0.3 is 5.97 Å². The number of carboxylic acids is 1. The number of carboxylic acid groups (broad SMARTS) is 1. The summed E-state index contributed by atoms with van der Waals surface area (Å²) in [5.41, 5.74) is 0. The molecule has 0 fully saturated rings. The van der Waals surface area contributed by atoms with Crippen molar-refractivity contribution < 1.29 is 18.3 Å². The zero-order chi connectivity index (χ0) is 13.6. The van der Waals surface area contributed by atoms with Crippen molar-refractivity contribution in [3.8, 4) is 12.3 Å². The molecule has 0 aromatic carbocycles. The monoisotopic (exact) mass is 305 g/mol. The molecule has 1 heterocycles. The Balaban J connectivity index is 2.67. The van der Waals surface area contributed by atoms with Crippen LogP contribution in [0.1, 0.15) is 9.67 Å². The van der Waals surface area contributed by atoms with Crippen LogP contribution in [-0.2, 0) is 10.0 Å². The Kier molecular flexibility index (Phi) is 5.68.